The van der Waals surface area contributed by atoms with Crippen LogP contribution in [0.4, 0.5) is 5.69 Å². The van der Waals surface area contributed by atoms with Gasteiger partial charge in [-0.3, -0.25) is 4.31 Å². The Balaban J connectivity index is 1.53. The second-order valence-electron chi connectivity index (χ2n) is 6.36. The van der Waals surface area contributed by atoms with Crippen LogP contribution in [-0.4, -0.2) is 31.7 Å². The van der Waals surface area contributed by atoms with E-state index in [0.29, 0.717) is 35.6 Å². The van der Waals surface area contributed by atoms with Crippen molar-refractivity contribution in [1.29, 1.82) is 0 Å². The summed E-state index contributed by atoms with van der Waals surface area (Å²) in [5, 5.41) is 0. The van der Waals surface area contributed by atoms with Crippen LogP contribution in [0, 0.1) is 0 Å². The second-order valence-corrected chi connectivity index (χ2v) is 8.37. The number of carbonyl (C=O) groups is 1. The van der Waals surface area contributed by atoms with Crippen LogP contribution < -0.4 is 4.31 Å². The monoisotopic (exact) mass is 386 g/mol. The van der Waals surface area contributed by atoms with E-state index >= 15 is 0 Å². The summed E-state index contributed by atoms with van der Waals surface area (Å²) >= 11 is 0. The molecule has 1 aliphatic rings. The maximum Gasteiger partial charge on any atom is 0.338 e. The van der Waals surface area contributed by atoms with Crippen molar-refractivity contribution in [3.63, 3.8) is 0 Å². The molecular weight excluding hydrogens is 368 g/mol. The first-order chi connectivity index (χ1) is 12.9. The summed E-state index contributed by atoms with van der Waals surface area (Å²) in [6.45, 7) is 2.09. The van der Waals surface area contributed by atoms with Gasteiger partial charge in [0.15, 0.2) is 11.7 Å². The number of hydrogen-bond acceptors (Lipinski definition) is 6. The zero-order valence-electron chi connectivity index (χ0n) is 14.7. The fourth-order valence-electron chi connectivity index (χ4n) is 3.06. The number of nitrogens with zero attached hydrogens (tertiary/aromatic N) is 2. The van der Waals surface area contributed by atoms with Crippen molar-refractivity contribution < 1.29 is 22.4 Å². The highest BCUT2D eigenvalue weighted by molar-refractivity contribution is 7.93. The Morgan fingerprint density at radius 2 is 2.04 bits per heavy atom. The Labute approximate surface area is 156 Å². The number of aromatic nitrogens is 1. The first-order valence-corrected chi connectivity index (χ1v) is 10.2. The van der Waals surface area contributed by atoms with Gasteiger partial charge in [0.2, 0.25) is 15.9 Å². The molecule has 1 saturated heterocycles. The van der Waals surface area contributed by atoms with Gasteiger partial charge in [0.1, 0.15) is 5.52 Å². The number of oxazole rings is 1. The number of para-hydroxylation sites is 2. The van der Waals surface area contributed by atoms with E-state index in [1.807, 2.05) is 18.2 Å². The molecule has 1 aromatic heterocycles. The summed E-state index contributed by atoms with van der Waals surface area (Å²) in [6, 6.07) is 13.7. The molecule has 7 nitrogen and oxygen atoms in total. The van der Waals surface area contributed by atoms with E-state index < -0.39 is 22.1 Å². The summed E-state index contributed by atoms with van der Waals surface area (Å²) in [5.74, 6) is -0.137. The largest absolute Gasteiger partial charge is 0.449 e. The third-order valence-electron chi connectivity index (χ3n) is 4.41. The van der Waals surface area contributed by atoms with Gasteiger partial charge in [-0.25, -0.2) is 18.2 Å². The molecule has 27 heavy (non-hydrogen) atoms. The molecule has 3 aromatic rings. The van der Waals surface area contributed by atoms with E-state index in [1.54, 1.807) is 31.2 Å². The van der Waals surface area contributed by atoms with Crippen LogP contribution in [0.1, 0.15) is 35.7 Å². The third kappa shape index (κ3) is 3.40. The molecule has 0 bridgehead atoms. The number of benzene rings is 2. The lowest BCUT2D eigenvalue weighted by Gasteiger charge is -2.17. The van der Waals surface area contributed by atoms with E-state index in [2.05, 4.69) is 4.98 Å². The molecule has 0 radical (unpaired) electrons. The minimum atomic E-state index is -3.31. The fraction of sp³-hybridized carbons (Fsp3) is 0.263. The zero-order valence-corrected chi connectivity index (χ0v) is 15.5. The number of esters is 1. The van der Waals surface area contributed by atoms with E-state index in [0.717, 1.165) is 0 Å². The Kier molecular flexibility index (Phi) is 4.35. The highest BCUT2D eigenvalue weighted by Crippen LogP contribution is 2.27. The molecule has 0 N–H and O–H groups in total. The minimum Gasteiger partial charge on any atom is -0.449 e. The Morgan fingerprint density at radius 1 is 1.22 bits per heavy atom. The first-order valence-electron chi connectivity index (χ1n) is 8.61. The minimum absolute atomic E-state index is 0.121. The Bertz CT molecular complexity index is 1070. The SMILES string of the molecule is C[C@H](OC(=O)c1cccc(N2CCCS2(=O)=O)c1)c1nc2ccccc2o1. The number of rotatable bonds is 4. The van der Waals surface area contributed by atoms with Crippen LogP contribution in [0.2, 0.25) is 0 Å². The van der Waals surface area contributed by atoms with Gasteiger partial charge in [-0.15, -0.1) is 0 Å². The molecule has 2 heterocycles. The predicted molar refractivity (Wildman–Crippen MR) is 100 cm³/mol. The van der Waals surface area contributed by atoms with Crippen LogP contribution in [0.5, 0.6) is 0 Å². The lowest BCUT2D eigenvalue weighted by Crippen LogP contribution is -2.25. The molecule has 1 fully saturated rings. The average Bonchev–Trinajstić information content (AvgIpc) is 3.24. The number of ether oxygens (including phenoxy) is 1. The summed E-state index contributed by atoms with van der Waals surface area (Å²) in [5.41, 5.74) is 2.06. The molecule has 2 aromatic carbocycles. The van der Waals surface area contributed by atoms with Gasteiger partial charge < -0.3 is 9.15 Å². The maximum atomic E-state index is 12.5. The molecule has 4 rings (SSSR count). The van der Waals surface area contributed by atoms with Crippen LogP contribution >= 0.6 is 0 Å². The number of hydrogen-bond donors (Lipinski definition) is 0. The second kappa shape index (κ2) is 6.70. The highest BCUT2D eigenvalue weighted by atomic mass is 32.2. The normalized spacial score (nSPS) is 17.1. The van der Waals surface area contributed by atoms with Crippen LogP contribution in [0.15, 0.2) is 52.9 Å². The summed E-state index contributed by atoms with van der Waals surface area (Å²) in [6.07, 6.45) is -0.102. The fourth-order valence-corrected chi connectivity index (χ4v) is 4.62. The number of sulfonamides is 1. The van der Waals surface area contributed by atoms with Crippen molar-refractivity contribution in [3.05, 3.63) is 60.0 Å². The number of fused-ring (bicyclic) bond motifs is 1. The standard InChI is InChI=1S/C19H18N2O5S/c1-13(18-20-16-8-2-3-9-17(16)26-18)25-19(22)14-6-4-7-15(12-14)21-10-5-11-27(21,23)24/h2-4,6-9,12-13H,5,10-11H2,1H3/t13-/m0/s1. The predicted octanol–water partition coefficient (Wildman–Crippen LogP) is 3.29. The van der Waals surface area contributed by atoms with Crippen molar-refractivity contribution in [3.8, 4) is 0 Å². The smallest absolute Gasteiger partial charge is 0.338 e. The van der Waals surface area contributed by atoms with Gasteiger partial charge in [-0.2, -0.15) is 0 Å². The van der Waals surface area contributed by atoms with Gasteiger partial charge in [0, 0.05) is 6.54 Å². The van der Waals surface area contributed by atoms with Crippen molar-refractivity contribution in [1.82, 2.24) is 4.98 Å². The lowest BCUT2D eigenvalue weighted by atomic mass is 10.2. The number of carbonyl (C=O) groups excluding carboxylic acids is 1. The maximum absolute atomic E-state index is 12.5. The first kappa shape index (κ1) is 17.5. The van der Waals surface area contributed by atoms with E-state index in [-0.39, 0.29) is 11.3 Å². The van der Waals surface area contributed by atoms with E-state index in [1.165, 1.54) is 10.4 Å². The molecule has 1 atom stereocenters. The van der Waals surface area contributed by atoms with Gasteiger partial charge in [-0.05, 0) is 43.7 Å². The number of anilines is 1. The van der Waals surface area contributed by atoms with Crippen molar-refractivity contribution in [2.75, 3.05) is 16.6 Å². The summed E-state index contributed by atoms with van der Waals surface area (Å²) in [7, 11) is -3.31. The highest BCUT2D eigenvalue weighted by Gasteiger charge is 2.29. The lowest BCUT2D eigenvalue weighted by molar-refractivity contribution is 0.0282. The van der Waals surface area contributed by atoms with Crippen LogP contribution in [-0.2, 0) is 14.8 Å². The van der Waals surface area contributed by atoms with Crippen LogP contribution in [0.25, 0.3) is 11.1 Å². The molecule has 8 heteroatoms. The van der Waals surface area contributed by atoms with Crippen molar-refractivity contribution >= 4 is 32.8 Å². The molecular formula is C19H18N2O5S. The van der Waals surface area contributed by atoms with E-state index in [9.17, 15) is 13.2 Å². The molecule has 0 aliphatic carbocycles. The third-order valence-corrected chi connectivity index (χ3v) is 6.28. The Morgan fingerprint density at radius 3 is 2.78 bits per heavy atom. The van der Waals surface area contributed by atoms with Gasteiger partial charge in [0.25, 0.3) is 0 Å². The molecule has 140 valence electrons. The van der Waals surface area contributed by atoms with Crippen molar-refractivity contribution in [2.45, 2.75) is 19.4 Å². The van der Waals surface area contributed by atoms with E-state index in [4.69, 9.17) is 9.15 Å². The molecule has 0 unspecified atom stereocenters. The summed E-state index contributed by atoms with van der Waals surface area (Å²) in [4.78, 5) is 16.8. The van der Waals surface area contributed by atoms with Gasteiger partial charge >= 0.3 is 5.97 Å². The molecule has 1 aliphatic heterocycles. The average molecular weight is 386 g/mol. The topological polar surface area (TPSA) is 89.7 Å². The molecule has 0 saturated carbocycles. The molecule has 0 spiro atoms. The quantitative estimate of drug-likeness (QED) is 0.639. The van der Waals surface area contributed by atoms with Gasteiger partial charge in [0.05, 0.1) is 17.0 Å². The van der Waals surface area contributed by atoms with Gasteiger partial charge in [-0.1, -0.05) is 18.2 Å². The summed E-state index contributed by atoms with van der Waals surface area (Å²) < 4.78 is 36.6. The molecule has 0 amide bonds. The van der Waals surface area contributed by atoms with Crippen molar-refractivity contribution in [2.24, 2.45) is 0 Å². The van der Waals surface area contributed by atoms with Crippen LogP contribution in [0.3, 0.4) is 0 Å². The Hall–Kier alpha value is -2.87. The zero-order chi connectivity index (χ0) is 19.0.